The van der Waals surface area contributed by atoms with Crippen LogP contribution >= 0.6 is 39.5 Å². The molecule has 0 aliphatic carbocycles. The Morgan fingerprint density at radius 2 is 2.00 bits per heavy atom. The quantitative estimate of drug-likeness (QED) is 0.301. The molecule has 4 rings (SSSR count). The van der Waals surface area contributed by atoms with Gasteiger partial charge in [-0.15, -0.1) is 11.3 Å². The first kappa shape index (κ1) is 20.3. The van der Waals surface area contributed by atoms with Gasteiger partial charge in [0, 0.05) is 6.54 Å². The molecule has 0 fully saturated rings. The van der Waals surface area contributed by atoms with E-state index in [1.54, 1.807) is 17.6 Å². The highest BCUT2D eigenvalue weighted by molar-refractivity contribution is 9.11. The summed E-state index contributed by atoms with van der Waals surface area (Å²) in [4.78, 5) is 2.20. The second-order valence-corrected chi connectivity index (χ2v) is 9.64. The Hall–Kier alpha value is -2.00. The molecule has 3 heterocycles. The fourth-order valence-corrected chi connectivity index (χ4v) is 4.73. The smallest absolute Gasteiger partial charge is 0.199 e. The van der Waals surface area contributed by atoms with Crippen LogP contribution in [0, 0.1) is 11.7 Å². The molecule has 0 unspecified atom stereocenters. The van der Waals surface area contributed by atoms with Gasteiger partial charge in [-0.05, 0) is 70.8 Å². The van der Waals surface area contributed by atoms with Gasteiger partial charge in [-0.1, -0.05) is 30.3 Å². The van der Waals surface area contributed by atoms with Crippen LogP contribution in [0.1, 0.15) is 16.9 Å². The van der Waals surface area contributed by atoms with Gasteiger partial charge in [0.15, 0.2) is 10.6 Å². The number of rotatable bonds is 7. The highest BCUT2D eigenvalue weighted by Crippen LogP contribution is 2.25. The van der Waals surface area contributed by atoms with Crippen molar-refractivity contribution in [2.75, 3.05) is 7.05 Å². The minimum Gasteiger partial charge on any atom is -0.469 e. The summed E-state index contributed by atoms with van der Waals surface area (Å²) in [6, 6.07) is 14.4. The van der Waals surface area contributed by atoms with Crippen LogP contribution in [0.2, 0.25) is 0 Å². The van der Waals surface area contributed by atoms with Gasteiger partial charge < -0.3 is 4.42 Å². The number of aromatic nitrogens is 3. The Balaban J connectivity index is 1.66. The maximum Gasteiger partial charge on any atom is 0.199 e. The SMILES string of the molecule is Cc1occc1-c1nn(CN(C)Cc2csc(Br)c2)c(=S)n1Cc1ccccc1. The summed E-state index contributed by atoms with van der Waals surface area (Å²) in [6.45, 7) is 4.05. The number of aryl methyl sites for hydroxylation is 1. The number of nitrogens with zero attached hydrogens (tertiary/aromatic N) is 4. The second-order valence-electron chi connectivity index (χ2n) is 6.98. The zero-order valence-electron chi connectivity index (χ0n) is 16.2. The van der Waals surface area contributed by atoms with E-state index in [1.165, 1.54) is 11.1 Å². The predicted octanol–water partition coefficient (Wildman–Crippen LogP) is 5.94. The fraction of sp³-hybridized carbons (Fsp3) is 0.238. The molecule has 0 spiro atoms. The monoisotopic (exact) mass is 488 g/mol. The fourth-order valence-electron chi connectivity index (χ4n) is 3.28. The van der Waals surface area contributed by atoms with Gasteiger partial charge in [-0.25, -0.2) is 4.68 Å². The molecule has 0 saturated heterocycles. The van der Waals surface area contributed by atoms with Crippen molar-refractivity contribution >= 4 is 39.5 Å². The van der Waals surface area contributed by atoms with Gasteiger partial charge in [-0.3, -0.25) is 9.47 Å². The number of halogens is 1. The third kappa shape index (κ3) is 4.61. The number of thiophene rings is 1. The zero-order chi connectivity index (χ0) is 20.4. The van der Waals surface area contributed by atoms with E-state index in [-0.39, 0.29) is 0 Å². The van der Waals surface area contributed by atoms with Crippen LogP contribution in [0.25, 0.3) is 11.4 Å². The molecule has 150 valence electrons. The van der Waals surface area contributed by atoms with Crippen molar-refractivity contribution in [3.63, 3.8) is 0 Å². The molecule has 8 heteroatoms. The van der Waals surface area contributed by atoms with Crippen LogP contribution in [-0.4, -0.2) is 26.3 Å². The first-order valence-corrected chi connectivity index (χ1v) is 11.3. The van der Waals surface area contributed by atoms with Crippen LogP contribution in [-0.2, 0) is 19.8 Å². The molecule has 5 nitrogen and oxygen atoms in total. The molecule has 0 aliphatic heterocycles. The lowest BCUT2D eigenvalue weighted by Gasteiger charge is -2.15. The minimum absolute atomic E-state index is 0.609. The van der Waals surface area contributed by atoms with E-state index in [0.29, 0.717) is 18.0 Å². The lowest BCUT2D eigenvalue weighted by Crippen LogP contribution is -2.22. The maximum absolute atomic E-state index is 5.82. The summed E-state index contributed by atoms with van der Waals surface area (Å²) in [5.41, 5.74) is 3.42. The van der Waals surface area contributed by atoms with Gasteiger partial charge in [0.25, 0.3) is 0 Å². The number of hydrogen-bond donors (Lipinski definition) is 0. The van der Waals surface area contributed by atoms with Crippen LogP contribution < -0.4 is 0 Å². The van der Waals surface area contributed by atoms with Gasteiger partial charge in [0.2, 0.25) is 0 Å². The highest BCUT2D eigenvalue weighted by atomic mass is 79.9. The molecule has 0 N–H and O–H groups in total. The van der Waals surface area contributed by atoms with Crippen molar-refractivity contribution in [3.8, 4) is 11.4 Å². The van der Waals surface area contributed by atoms with E-state index in [9.17, 15) is 0 Å². The molecule has 0 bridgehead atoms. The minimum atomic E-state index is 0.609. The zero-order valence-corrected chi connectivity index (χ0v) is 19.4. The highest BCUT2D eigenvalue weighted by Gasteiger charge is 2.17. The maximum atomic E-state index is 5.82. The molecule has 1 aromatic carbocycles. The average Bonchev–Trinajstić information content (AvgIpc) is 3.38. The molecular formula is C21H21BrN4OS2. The van der Waals surface area contributed by atoms with E-state index in [0.717, 1.165) is 27.5 Å². The van der Waals surface area contributed by atoms with Crippen LogP contribution in [0.4, 0.5) is 0 Å². The van der Waals surface area contributed by atoms with Crippen molar-refractivity contribution in [2.45, 2.75) is 26.7 Å². The Morgan fingerprint density at radius 3 is 2.66 bits per heavy atom. The second kappa shape index (κ2) is 8.79. The van der Waals surface area contributed by atoms with Gasteiger partial charge in [-0.2, -0.15) is 5.10 Å². The molecule has 0 aliphatic rings. The Labute approximate surface area is 187 Å². The van der Waals surface area contributed by atoms with E-state index in [1.807, 2.05) is 35.9 Å². The third-order valence-corrected chi connectivity index (χ3v) is 6.64. The first-order chi connectivity index (χ1) is 14.0. The largest absolute Gasteiger partial charge is 0.469 e. The van der Waals surface area contributed by atoms with Gasteiger partial charge in [0.05, 0.1) is 28.8 Å². The topological polar surface area (TPSA) is 39.1 Å². The Morgan fingerprint density at radius 1 is 1.21 bits per heavy atom. The lowest BCUT2D eigenvalue weighted by molar-refractivity contribution is 0.244. The molecule has 3 aromatic heterocycles. The van der Waals surface area contributed by atoms with Crippen molar-refractivity contribution in [3.05, 3.63) is 79.6 Å². The molecule has 4 aromatic rings. The summed E-state index contributed by atoms with van der Waals surface area (Å²) in [6.07, 6.45) is 1.69. The van der Waals surface area contributed by atoms with Crippen molar-refractivity contribution < 1.29 is 4.42 Å². The van der Waals surface area contributed by atoms with Gasteiger partial charge >= 0.3 is 0 Å². The van der Waals surface area contributed by atoms with E-state index in [4.69, 9.17) is 21.7 Å². The molecule has 29 heavy (non-hydrogen) atoms. The van der Waals surface area contributed by atoms with E-state index >= 15 is 0 Å². The van der Waals surface area contributed by atoms with E-state index in [2.05, 4.69) is 56.0 Å². The normalized spacial score (nSPS) is 11.4. The summed E-state index contributed by atoms with van der Waals surface area (Å²) < 4.78 is 11.3. The number of benzene rings is 1. The van der Waals surface area contributed by atoms with E-state index < -0.39 is 0 Å². The van der Waals surface area contributed by atoms with Crippen molar-refractivity contribution in [1.82, 2.24) is 19.2 Å². The van der Waals surface area contributed by atoms with Crippen molar-refractivity contribution in [1.29, 1.82) is 0 Å². The van der Waals surface area contributed by atoms with Crippen molar-refractivity contribution in [2.24, 2.45) is 0 Å². The summed E-state index contributed by atoms with van der Waals surface area (Å²) >= 11 is 11.0. The lowest BCUT2D eigenvalue weighted by atomic mass is 10.2. The molecule has 0 saturated carbocycles. The number of hydrogen-bond acceptors (Lipinski definition) is 5. The van der Waals surface area contributed by atoms with Gasteiger partial charge in [0.1, 0.15) is 5.76 Å². The van der Waals surface area contributed by atoms with Crippen LogP contribution in [0.15, 0.2) is 62.3 Å². The Kier molecular flexibility index (Phi) is 6.15. The molecule has 0 atom stereocenters. The van der Waals surface area contributed by atoms with Crippen LogP contribution in [0.3, 0.4) is 0 Å². The summed E-state index contributed by atoms with van der Waals surface area (Å²) in [5, 5.41) is 7.02. The molecular weight excluding hydrogens is 468 g/mol. The summed E-state index contributed by atoms with van der Waals surface area (Å²) in [7, 11) is 2.08. The predicted molar refractivity (Wildman–Crippen MR) is 123 cm³/mol. The Bertz CT molecular complexity index is 1160. The number of furan rings is 1. The average molecular weight is 489 g/mol. The third-order valence-electron chi connectivity index (χ3n) is 4.66. The van der Waals surface area contributed by atoms with Crippen LogP contribution in [0.5, 0.6) is 0 Å². The standard InChI is InChI=1S/C21H21BrN4OS2/c1-15-18(8-9-27-15)20-23-26(14-24(2)11-17-10-19(22)29-13-17)21(28)25(20)12-16-6-4-3-5-7-16/h3-10,13H,11-12,14H2,1-2H3. The molecule has 0 radical (unpaired) electrons. The molecule has 0 amide bonds. The summed E-state index contributed by atoms with van der Waals surface area (Å²) in [5.74, 6) is 1.67. The first-order valence-electron chi connectivity index (χ1n) is 9.19.